The topological polar surface area (TPSA) is 130 Å². The molecule has 1 atom stereocenters. The number of piperazine rings is 1. The van der Waals surface area contributed by atoms with Gasteiger partial charge in [0.1, 0.15) is 6.73 Å². The molecule has 1 amide bonds. The van der Waals surface area contributed by atoms with Crippen molar-refractivity contribution in [3.05, 3.63) is 29.7 Å². The molecule has 0 unspecified atom stereocenters. The van der Waals surface area contributed by atoms with E-state index >= 15 is 0 Å². The SMILES string of the molecule is C[C@@H]1CN(C(=O)c2nc(-c3ccc(OC(F)F)c(OCC4CC4)c3)oc2CN)CCN1COCOC(=O)C(C)(C)C. The second kappa shape index (κ2) is 13.1. The Balaban J connectivity index is 1.40. The fourth-order valence-corrected chi connectivity index (χ4v) is 4.21. The molecule has 13 heteroatoms. The summed E-state index contributed by atoms with van der Waals surface area (Å²) < 4.78 is 52.7. The standard InChI is InChI=1S/C28H38F2N4O7/c1-17-13-33(9-10-34(17)15-37-16-39-26(36)28(2,3)4)25(35)23-22(12-31)40-24(32-23)19-7-8-20(41-27(29)30)21(11-19)38-14-18-5-6-18/h7-8,11,17-18,27H,5-6,9-10,12-16,31H2,1-4H3/t17-/m1/s1. The molecule has 2 fully saturated rings. The summed E-state index contributed by atoms with van der Waals surface area (Å²) in [5, 5.41) is 0. The Morgan fingerprint density at radius 1 is 1.20 bits per heavy atom. The molecule has 1 aliphatic heterocycles. The van der Waals surface area contributed by atoms with Crippen LogP contribution in [0.3, 0.4) is 0 Å². The quantitative estimate of drug-likeness (QED) is 0.224. The third-order valence-electron chi connectivity index (χ3n) is 6.86. The molecule has 1 saturated carbocycles. The number of carbonyl (C=O) groups excluding carboxylic acids is 2. The van der Waals surface area contributed by atoms with Crippen LogP contribution in [0.5, 0.6) is 11.5 Å². The van der Waals surface area contributed by atoms with Gasteiger partial charge in [-0.25, -0.2) is 4.98 Å². The third kappa shape index (κ3) is 8.14. The third-order valence-corrected chi connectivity index (χ3v) is 6.86. The van der Waals surface area contributed by atoms with Crippen LogP contribution in [-0.2, 0) is 20.8 Å². The molecule has 41 heavy (non-hydrogen) atoms. The monoisotopic (exact) mass is 580 g/mol. The number of hydrogen-bond donors (Lipinski definition) is 1. The lowest BCUT2D eigenvalue weighted by Crippen LogP contribution is -2.54. The molecule has 1 aromatic heterocycles. The molecule has 1 aliphatic carbocycles. The van der Waals surface area contributed by atoms with E-state index < -0.39 is 12.0 Å². The van der Waals surface area contributed by atoms with Crippen molar-refractivity contribution in [1.82, 2.24) is 14.8 Å². The van der Waals surface area contributed by atoms with E-state index in [1.807, 2.05) is 11.8 Å². The van der Waals surface area contributed by atoms with Gasteiger partial charge >= 0.3 is 12.6 Å². The molecule has 11 nitrogen and oxygen atoms in total. The minimum absolute atomic E-state index is 0.0349. The van der Waals surface area contributed by atoms with E-state index in [1.165, 1.54) is 18.2 Å². The van der Waals surface area contributed by atoms with Crippen molar-refractivity contribution in [1.29, 1.82) is 0 Å². The maximum absolute atomic E-state index is 13.4. The number of oxazole rings is 1. The van der Waals surface area contributed by atoms with Crippen LogP contribution >= 0.6 is 0 Å². The fraction of sp³-hybridized carbons (Fsp3) is 0.607. The molecular weight excluding hydrogens is 542 g/mol. The van der Waals surface area contributed by atoms with Gasteiger partial charge in [-0.15, -0.1) is 0 Å². The number of nitrogens with two attached hydrogens (primary N) is 1. The number of nitrogens with zero attached hydrogens (tertiary/aromatic N) is 3. The highest BCUT2D eigenvalue weighted by atomic mass is 19.3. The van der Waals surface area contributed by atoms with E-state index in [2.05, 4.69) is 9.72 Å². The number of carbonyl (C=O) groups is 2. The van der Waals surface area contributed by atoms with Crippen molar-refractivity contribution < 1.29 is 41.7 Å². The van der Waals surface area contributed by atoms with Crippen LogP contribution in [0.2, 0.25) is 0 Å². The second-order valence-electron chi connectivity index (χ2n) is 11.3. The van der Waals surface area contributed by atoms with Crippen LogP contribution in [0.25, 0.3) is 11.5 Å². The number of benzene rings is 1. The van der Waals surface area contributed by atoms with Gasteiger partial charge in [-0.3, -0.25) is 14.5 Å². The van der Waals surface area contributed by atoms with Gasteiger partial charge < -0.3 is 34.0 Å². The van der Waals surface area contributed by atoms with Crippen molar-refractivity contribution in [3.63, 3.8) is 0 Å². The lowest BCUT2D eigenvalue weighted by molar-refractivity contribution is -0.171. The van der Waals surface area contributed by atoms with Gasteiger partial charge in [0.15, 0.2) is 29.7 Å². The van der Waals surface area contributed by atoms with Crippen LogP contribution in [0.4, 0.5) is 8.78 Å². The van der Waals surface area contributed by atoms with Gasteiger partial charge in [0.05, 0.1) is 18.6 Å². The van der Waals surface area contributed by atoms with Crippen molar-refractivity contribution in [2.24, 2.45) is 17.1 Å². The first-order valence-electron chi connectivity index (χ1n) is 13.7. The van der Waals surface area contributed by atoms with Crippen LogP contribution in [0, 0.1) is 11.3 Å². The van der Waals surface area contributed by atoms with Gasteiger partial charge in [0, 0.05) is 31.2 Å². The number of alkyl halides is 2. The molecule has 1 saturated heterocycles. The Labute approximate surface area is 237 Å². The highest BCUT2D eigenvalue weighted by Crippen LogP contribution is 2.37. The van der Waals surface area contributed by atoms with Gasteiger partial charge in [0.25, 0.3) is 5.91 Å². The van der Waals surface area contributed by atoms with E-state index in [0.29, 0.717) is 37.7 Å². The summed E-state index contributed by atoms with van der Waals surface area (Å²) in [6.07, 6.45) is 2.06. The Morgan fingerprint density at radius 3 is 2.59 bits per heavy atom. The van der Waals surface area contributed by atoms with E-state index in [-0.39, 0.29) is 66.8 Å². The molecule has 2 aromatic rings. The minimum atomic E-state index is -3.00. The van der Waals surface area contributed by atoms with Crippen molar-refractivity contribution in [2.75, 3.05) is 39.8 Å². The highest BCUT2D eigenvalue weighted by Gasteiger charge is 2.31. The first kappa shape index (κ1) is 30.7. The van der Waals surface area contributed by atoms with E-state index in [1.54, 1.807) is 25.7 Å². The lowest BCUT2D eigenvalue weighted by Gasteiger charge is -2.39. The summed E-state index contributed by atoms with van der Waals surface area (Å²) in [6, 6.07) is 4.36. The predicted molar refractivity (Wildman–Crippen MR) is 143 cm³/mol. The summed E-state index contributed by atoms with van der Waals surface area (Å²) in [5.74, 6) is 0.132. The maximum atomic E-state index is 13.4. The predicted octanol–water partition coefficient (Wildman–Crippen LogP) is 3.86. The Kier molecular flexibility index (Phi) is 9.82. The number of ether oxygens (including phenoxy) is 4. The zero-order valence-electron chi connectivity index (χ0n) is 23.9. The highest BCUT2D eigenvalue weighted by molar-refractivity contribution is 5.94. The lowest BCUT2D eigenvalue weighted by atomic mass is 9.98. The average Bonchev–Trinajstić information content (AvgIpc) is 3.65. The Hall–Kier alpha value is -3.29. The normalized spacial score (nSPS) is 18.0. The summed E-state index contributed by atoms with van der Waals surface area (Å²) in [5.41, 5.74) is 5.81. The first-order chi connectivity index (χ1) is 19.5. The Bertz CT molecular complexity index is 1210. The van der Waals surface area contributed by atoms with Crippen LogP contribution in [-0.4, -0.2) is 79.1 Å². The molecule has 4 rings (SSSR count). The molecule has 2 aliphatic rings. The summed E-state index contributed by atoms with van der Waals surface area (Å²) in [6.45, 7) is 6.08. The molecule has 0 bridgehead atoms. The molecule has 1 aromatic carbocycles. The summed E-state index contributed by atoms with van der Waals surface area (Å²) in [7, 11) is 0. The van der Waals surface area contributed by atoms with Gasteiger partial charge in [-0.1, -0.05) is 0 Å². The minimum Gasteiger partial charge on any atom is -0.489 e. The van der Waals surface area contributed by atoms with Crippen molar-refractivity contribution >= 4 is 11.9 Å². The fourth-order valence-electron chi connectivity index (χ4n) is 4.21. The van der Waals surface area contributed by atoms with Crippen LogP contribution in [0.15, 0.2) is 22.6 Å². The van der Waals surface area contributed by atoms with Crippen LogP contribution < -0.4 is 15.2 Å². The zero-order chi connectivity index (χ0) is 29.7. The van der Waals surface area contributed by atoms with Gasteiger partial charge in [-0.05, 0) is 64.7 Å². The Morgan fingerprint density at radius 2 is 1.95 bits per heavy atom. The molecule has 2 N–H and O–H groups in total. The average molecular weight is 581 g/mol. The molecular formula is C28H38F2N4O7. The largest absolute Gasteiger partial charge is 0.489 e. The maximum Gasteiger partial charge on any atom is 0.387 e. The number of hydrogen-bond acceptors (Lipinski definition) is 10. The summed E-state index contributed by atoms with van der Waals surface area (Å²) in [4.78, 5) is 33.5. The second-order valence-corrected chi connectivity index (χ2v) is 11.3. The molecule has 2 heterocycles. The summed E-state index contributed by atoms with van der Waals surface area (Å²) >= 11 is 0. The molecule has 0 radical (unpaired) electrons. The first-order valence-corrected chi connectivity index (χ1v) is 13.7. The smallest absolute Gasteiger partial charge is 0.387 e. The van der Waals surface area contributed by atoms with Gasteiger partial charge in [0.2, 0.25) is 5.89 Å². The number of rotatable bonds is 12. The number of amides is 1. The van der Waals surface area contributed by atoms with E-state index in [0.717, 1.165) is 12.8 Å². The van der Waals surface area contributed by atoms with Crippen molar-refractivity contribution in [2.45, 2.75) is 59.7 Å². The zero-order valence-corrected chi connectivity index (χ0v) is 23.9. The molecule has 0 spiro atoms. The van der Waals surface area contributed by atoms with E-state index in [9.17, 15) is 18.4 Å². The molecule has 226 valence electrons. The number of halogens is 2. The number of aromatic nitrogens is 1. The van der Waals surface area contributed by atoms with Gasteiger partial charge in [-0.2, -0.15) is 8.78 Å². The van der Waals surface area contributed by atoms with E-state index in [4.69, 9.17) is 24.4 Å². The van der Waals surface area contributed by atoms with Crippen LogP contribution in [0.1, 0.15) is 56.8 Å². The van der Waals surface area contributed by atoms with Crippen molar-refractivity contribution in [3.8, 4) is 23.0 Å². The number of esters is 1.